The lowest BCUT2D eigenvalue weighted by Gasteiger charge is -2.12. The van der Waals surface area contributed by atoms with Crippen LogP contribution in [0.3, 0.4) is 0 Å². The van der Waals surface area contributed by atoms with E-state index >= 15 is 0 Å². The fourth-order valence-electron chi connectivity index (χ4n) is 3.85. The Morgan fingerprint density at radius 2 is 1.06 bits per heavy atom. The van der Waals surface area contributed by atoms with Crippen molar-refractivity contribution in [2.45, 2.75) is 40.8 Å². The van der Waals surface area contributed by atoms with Crippen LogP contribution in [0.1, 0.15) is 33.9 Å². The van der Waals surface area contributed by atoms with Gasteiger partial charge in [-0.2, -0.15) is 10.2 Å². The molecule has 2 heterocycles. The fourth-order valence-corrected chi connectivity index (χ4v) is 4.05. The fraction of sp³-hybridized carbons (Fsp3) is 0.240. The number of nitrogens with zero attached hydrogens (tertiary/aromatic N) is 4. The van der Waals surface area contributed by atoms with Crippen LogP contribution in [0.5, 0.6) is 0 Å². The van der Waals surface area contributed by atoms with Crippen LogP contribution in [-0.4, -0.2) is 24.7 Å². The van der Waals surface area contributed by atoms with Crippen LogP contribution in [-0.2, 0) is 13.1 Å². The second-order valence-electron chi connectivity index (χ2n) is 8.24. The van der Waals surface area contributed by atoms with Crippen molar-refractivity contribution in [1.82, 2.24) is 19.6 Å². The molecule has 0 atom stereocenters. The molecule has 0 aliphatic carbocycles. The monoisotopic (exact) mass is 480 g/mol. The van der Waals surface area contributed by atoms with Crippen molar-refractivity contribution < 1.29 is 8.78 Å². The van der Waals surface area contributed by atoms with Crippen molar-refractivity contribution >= 4 is 28.7 Å². The Labute approximate surface area is 202 Å². The minimum Gasteiger partial charge on any atom is -0.329 e. The van der Waals surface area contributed by atoms with E-state index in [0.29, 0.717) is 18.2 Å². The molecule has 0 amide bonds. The average Bonchev–Trinajstić information content (AvgIpc) is 3.21. The summed E-state index contributed by atoms with van der Waals surface area (Å²) in [4.78, 5) is 0. The molecular formula is C25H26F2N6S. The van der Waals surface area contributed by atoms with Crippen molar-refractivity contribution in [2.24, 2.45) is 0 Å². The summed E-state index contributed by atoms with van der Waals surface area (Å²) in [5.74, 6) is -0.523. The van der Waals surface area contributed by atoms with Crippen LogP contribution >= 0.6 is 12.2 Å². The van der Waals surface area contributed by atoms with Gasteiger partial charge in [0.25, 0.3) is 0 Å². The van der Waals surface area contributed by atoms with Crippen LogP contribution in [0, 0.1) is 39.3 Å². The summed E-state index contributed by atoms with van der Waals surface area (Å²) in [7, 11) is 0. The predicted octanol–water partition coefficient (Wildman–Crippen LogP) is 5.50. The first-order valence-corrected chi connectivity index (χ1v) is 11.3. The third-order valence-electron chi connectivity index (χ3n) is 5.73. The average molecular weight is 481 g/mol. The van der Waals surface area contributed by atoms with E-state index in [9.17, 15) is 8.78 Å². The molecule has 0 saturated heterocycles. The van der Waals surface area contributed by atoms with Gasteiger partial charge in [0.15, 0.2) is 5.11 Å². The van der Waals surface area contributed by atoms with Crippen molar-refractivity contribution in [3.63, 3.8) is 0 Å². The number of hydrogen-bond donors (Lipinski definition) is 2. The lowest BCUT2D eigenvalue weighted by Crippen LogP contribution is -2.21. The molecule has 0 fully saturated rings. The molecule has 176 valence electrons. The summed E-state index contributed by atoms with van der Waals surface area (Å²) >= 11 is 5.58. The Morgan fingerprint density at radius 3 is 1.41 bits per heavy atom. The first-order valence-electron chi connectivity index (χ1n) is 10.9. The second-order valence-corrected chi connectivity index (χ2v) is 8.65. The Balaban J connectivity index is 1.46. The summed E-state index contributed by atoms with van der Waals surface area (Å²) < 4.78 is 30.1. The van der Waals surface area contributed by atoms with Gasteiger partial charge in [-0.25, -0.2) is 8.78 Å². The number of aryl methyl sites for hydroxylation is 2. The number of rotatable bonds is 6. The summed E-state index contributed by atoms with van der Waals surface area (Å²) in [6.07, 6.45) is 0. The van der Waals surface area contributed by atoms with Crippen molar-refractivity contribution in [3.05, 3.63) is 94.1 Å². The number of nitrogens with one attached hydrogen (secondary N) is 2. The summed E-state index contributed by atoms with van der Waals surface area (Å²) in [5.41, 5.74) is 7.03. The molecule has 4 aromatic rings. The molecule has 0 saturated carbocycles. The topological polar surface area (TPSA) is 59.7 Å². The predicted molar refractivity (Wildman–Crippen MR) is 134 cm³/mol. The van der Waals surface area contributed by atoms with Gasteiger partial charge in [-0.3, -0.25) is 9.36 Å². The number of aromatic nitrogens is 4. The second kappa shape index (κ2) is 9.72. The number of anilines is 2. The zero-order valence-electron chi connectivity index (χ0n) is 19.5. The molecule has 0 radical (unpaired) electrons. The third kappa shape index (κ3) is 5.14. The van der Waals surface area contributed by atoms with E-state index in [-0.39, 0.29) is 11.6 Å². The molecule has 2 aromatic heterocycles. The number of thiocarbonyl (C=S) groups is 1. The summed E-state index contributed by atoms with van der Waals surface area (Å²) in [6.45, 7) is 8.82. The van der Waals surface area contributed by atoms with Crippen LogP contribution in [0.25, 0.3) is 0 Å². The first-order chi connectivity index (χ1) is 16.2. The number of hydrogen-bond acceptors (Lipinski definition) is 3. The quantitative estimate of drug-likeness (QED) is 0.357. The van der Waals surface area contributed by atoms with E-state index in [1.165, 1.54) is 24.3 Å². The maximum atomic E-state index is 13.2. The van der Waals surface area contributed by atoms with Gasteiger partial charge in [0.1, 0.15) is 11.6 Å². The van der Waals surface area contributed by atoms with Crippen LogP contribution in [0.15, 0.2) is 48.5 Å². The molecule has 0 aliphatic heterocycles. The van der Waals surface area contributed by atoms with E-state index in [0.717, 1.165) is 45.3 Å². The van der Waals surface area contributed by atoms with Crippen LogP contribution in [0.4, 0.5) is 20.2 Å². The van der Waals surface area contributed by atoms with Gasteiger partial charge in [-0.15, -0.1) is 0 Å². The zero-order chi connectivity index (χ0) is 24.4. The first kappa shape index (κ1) is 23.6. The lowest BCUT2D eigenvalue weighted by molar-refractivity contribution is 0.622. The van der Waals surface area contributed by atoms with Crippen molar-refractivity contribution in [3.8, 4) is 0 Å². The summed E-state index contributed by atoms with van der Waals surface area (Å²) in [5, 5.41) is 16.2. The standard InChI is InChI=1S/C25H26F2N6S/c1-15-23(17(3)32(30-15)13-19-5-9-21(26)10-6-19)28-25(34)29-24-16(2)31-33(18(24)4)14-20-7-11-22(27)12-8-20/h5-12H,13-14H2,1-4H3,(H2,28,29,34). The number of benzene rings is 2. The normalized spacial score (nSPS) is 11.0. The maximum Gasteiger partial charge on any atom is 0.175 e. The van der Waals surface area contributed by atoms with Gasteiger partial charge in [0, 0.05) is 0 Å². The molecule has 9 heteroatoms. The van der Waals surface area contributed by atoms with Crippen LogP contribution < -0.4 is 10.6 Å². The van der Waals surface area contributed by atoms with E-state index < -0.39 is 0 Å². The summed E-state index contributed by atoms with van der Waals surface area (Å²) in [6, 6.07) is 12.8. The highest BCUT2D eigenvalue weighted by molar-refractivity contribution is 7.80. The van der Waals surface area contributed by atoms with Gasteiger partial charge in [0.05, 0.1) is 47.2 Å². The van der Waals surface area contributed by atoms with Crippen LogP contribution in [0.2, 0.25) is 0 Å². The molecule has 0 unspecified atom stereocenters. The molecule has 0 spiro atoms. The van der Waals surface area contributed by atoms with E-state index in [1.807, 2.05) is 37.1 Å². The Hall–Kier alpha value is -3.59. The molecular weight excluding hydrogens is 454 g/mol. The maximum absolute atomic E-state index is 13.2. The molecule has 0 bridgehead atoms. The minimum absolute atomic E-state index is 0.262. The lowest BCUT2D eigenvalue weighted by atomic mass is 10.2. The highest BCUT2D eigenvalue weighted by Gasteiger charge is 2.16. The number of halogens is 2. The molecule has 4 rings (SSSR count). The minimum atomic E-state index is -0.262. The van der Waals surface area contributed by atoms with Crippen molar-refractivity contribution in [1.29, 1.82) is 0 Å². The van der Waals surface area contributed by atoms with E-state index in [2.05, 4.69) is 20.8 Å². The molecule has 34 heavy (non-hydrogen) atoms. The molecule has 6 nitrogen and oxygen atoms in total. The van der Waals surface area contributed by atoms with E-state index in [4.69, 9.17) is 12.2 Å². The Kier molecular flexibility index (Phi) is 6.74. The zero-order valence-corrected chi connectivity index (χ0v) is 20.3. The van der Waals surface area contributed by atoms with E-state index in [1.54, 1.807) is 24.3 Å². The van der Waals surface area contributed by atoms with Gasteiger partial charge in [-0.1, -0.05) is 24.3 Å². The Bertz CT molecular complexity index is 1220. The van der Waals surface area contributed by atoms with Gasteiger partial charge in [0.2, 0.25) is 0 Å². The highest BCUT2D eigenvalue weighted by atomic mass is 32.1. The molecule has 2 N–H and O–H groups in total. The van der Waals surface area contributed by atoms with Gasteiger partial charge < -0.3 is 10.6 Å². The highest BCUT2D eigenvalue weighted by Crippen LogP contribution is 2.24. The largest absolute Gasteiger partial charge is 0.329 e. The van der Waals surface area contributed by atoms with Gasteiger partial charge >= 0.3 is 0 Å². The third-order valence-corrected chi connectivity index (χ3v) is 5.94. The van der Waals surface area contributed by atoms with Crippen molar-refractivity contribution in [2.75, 3.05) is 10.6 Å². The molecule has 0 aliphatic rings. The SMILES string of the molecule is Cc1nn(Cc2ccc(F)cc2)c(C)c1NC(=S)Nc1c(C)nn(Cc2ccc(F)cc2)c1C. The Morgan fingerprint density at radius 1 is 0.706 bits per heavy atom. The smallest absolute Gasteiger partial charge is 0.175 e. The molecule has 2 aromatic carbocycles. The van der Waals surface area contributed by atoms with Gasteiger partial charge in [-0.05, 0) is 75.3 Å².